The van der Waals surface area contributed by atoms with Gasteiger partial charge in [0.05, 0.1) is 0 Å². The van der Waals surface area contributed by atoms with Crippen molar-refractivity contribution in [1.82, 2.24) is 4.68 Å². The van der Waals surface area contributed by atoms with Crippen LogP contribution < -0.4 is 11.2 Å². The van der Waals surface area contributed by atoms with Crippen molar-refractivity contribution >= 4 is 11.1 Å². The summed E-state index contributed by atoms with van der Waals surface area (Å²) in [5.74, 6) is 0.201. The van der Waals surface area contributed by atoms with Gasteiger partial charge in [0.2, 0.25) is 0 Å². The van der Waals surface area contributed by atoms with E-state index < -0.39 is 0 Å². The number of fused-ring (bicyclic) bond motifs is 1. The van der Waals surface area contributed by atoms with Crippen LogP contribution in [0.2, 0.25) is 0 Å². The summed E-state index contributed by atoms with van der Waals surface area (Å²) in [6, 6.07) is 16.7. The molecule has 1 atom stereocenters. The number of para-hydroxylation sites is 1. The van der Waals surface area contributed by atoms with Gasteiger partial charge < -0.3 is 9.84 Å². The second-order valence-electron chi connectivity index (χ2n) is 7.79. The Balaban J connectivity index is 1.57. The maximum atomic E-state index is 12.5. The summed E-state index contributed by atoms with van der Waals surface area (Å²) < 4.78 is 7.19. The molecule has 0 aliphatic heterocycles. The number of hydrogen-bond acceptors (Lipinski definition) is 3. The molecule has 1 unspecified atom stereocenters. The third-order valence-corrected chi connectivity index (χ3v) is 5.74. The van der Waals surface area contributed by atoms with Crippen LogP contribution in [0.4, 0.5) is 0 Å². The van der Waals surface area contributed by atoms with Crippen LogP contribution in [-0.4, -0.2) is 10.7 Å². The first kappa shape index (κ1) is 17.9. The highest BCUT2D eigenvalue weighted by molar-refractivity contribution is 5.78. The smallest absolute Gasteiger partial charge is 0.406 e. The molecule has 1 N–H and O–H groups in total. The Morgan fingerprint density at radius 3 is 2.63 bits per heavy atom. The second kappa shape index (κ2) is 8.03. The Labute approximate surface area is 160 Å². The summed E-state index contributed by atoms with van der Waals surface area (Å²) >= 11 is 0. The highest BCUT2D eigenvalue weighted by atomic mass is 16.4. The van der Waals surface area contributed by atoms with E-state index >= 15 is 0 Å². The van der Waals surface area contributed by atoms with Crippen molar-refractivity contribution in [3.05, 3.63) is 70.2 Å². The van der Waals surface area contributed by atoms with Crippen LogP contribution in [-0.2, 0) is 6.42 Å². The maximum Gasteiger partial charge on any atom is 0.438 e. The summed E-state index contributed by atoms with van der Waals surface area (Å²) in [6.45, 7) is 2.12. The Kier molecular flexibility index (Phi) is 5.33. The van der Waals surface area contributed by atoms with Gasteiger partial charge in [-0.15, -0.1) is 0 Å². The number of aromatic nitrogens is 1. The van der Waals surface area contributed by atoms with Crippen molar-refractivity contribution in [1.29, 1.82) is 0 Å². The first-order chi connectivity index (χ1) is 13.2. The van der Waals surface area contributed by atoms with Crippen LogP contribution in [0.25, 0.3) is 11.1 Å². The van der Waals surface area contributed by atoms with E-state index in [0.717, 1.165) is 18.4 Å². The van der Waals surface area contributed by atoms with Gasteiger partial charge in [-0.3, -0.25) is 0 Å². The molecule has 1 aliphatic carbocycles. The highest BCUT2D eigenvalue weighted by Gasteiger charge is 2.22. The Bertz CT molecular complexity index is 936. The number of nitrogens with one attached hydrogen (secondary N) is 1. The van der Waals surface area contributed by atoms with Gasteiger partial charge in [-0.1, -0.05) is 61.7 Å². The molecule has 3 aromatic rings. The van der Waals surface area contributed by atoms with Gasteiger partial charge in [-0.2, -0.15) is 4.68 Å². The number of rotatable bonds is 6. The molecule has 0 spiro atoms. The largest absolute Gasteiger partial charge is 0.438 e. The predicted octanol–water partition coefficient (Wildman–Crippen LogP) is 5.21. The Morgan fingerprint density at radius 2 is 1.85 bits per heavy atom. The normalized spacial score (nSPS) is 16.5. The molecule has 27 heavy (non-hydrogen) atoms. The zero-order valence-electron chi connectivity index (χ0n) is 16.0. The molecule has 4 rings (SSSR count). The third-order valence-electron chi connectivity index (χ3n) is 5.74. The summed E-state index contributed by atoms with van der Waals surface area (Å²) in [6.07, 6.45) is 8.18. The number of oxazole rings is 1. The van der Waals surface area contributed by atoms with Crippen LogP contribution in [0.3, 0.4) is 0 Å². The molecule has 1 saturated carbocycles. The number of benzene rings is 2. The second-order valence-corrected chi connectivity index (χ2v) is 7.79. The fraction of sp³-hybridized carbons (Fsp3) is 0.435. The van der Waals surface area contributed by atoms with E-state index in [2.05, 4.69) is 42.7 Å². The number of aryl methyl sites for hydroxylation is 1. The standard InChI is InChI=1S/C23H28N2O2/c1-17(15-16-18-9-4-2-5-10-18)24-25-22-20(19-11-6-3-7-12-19)13-8-14-21(22)27-23(25)26/h2,4-5,8-10,13-14,17,19,24H,3,6-7,11-12,15-16H2,1H3. The minimum absolute atomic E-state index is 0.170. The lowest BCUT2D eigenvalue weighted by Gasteiger charge is -2.23. The molecule has 0 radical (unpaired) electrons. The Morgan fingerprint density at radius 1 is 1.07 bits per heavy atom. The molecule has 4 heteroatoms. The van der Waals surface area contributed by atoms with Crippen molar-refractivity contribution in [2.45, 2.75) is 63.8 Å². The summed E-state index contributed by atoms with van der Waals surface area (Å²) in [5, 5.41) is 0. The molecule has 4 nitrogen and oxygen atoms in total. The number of nitrogens with zero attached hydrogens (tertiary/aromatic N) is 1. The van der Waals surface area contributed by atoms with Gasteiger partial charge in [0.1, 0.15) is 5.52 Å². The topological polar surface area (TPSA) is 47.2 Å². The zero-order chi connectivity index (χ0) is 18.6. The van der Waals surface area contributed by atoms with Crippen LogP contribution in [0.1, 0.15) is 62.5 Å². The highest BCUT2D eigenvalue weighted by Crippen LogP contribution is 2.36. The molecule has 2 aromatic carbocycles. The lowest BCUT2D eigenvalue weighted by Crippen LogP contribution is -2.32. The third kappa shape index (κ3) is 3.95. The predicted molar refractivity (Wildman–Crippen MR) is 110 cm³/mol. The molecule has 1 heterocycles. The van der Waals surface area contributed by atoms with Gasteiger partial charge in [0.15, 0.2) is 5.58 Å². The van der Waals surface area contributed by atoms with Crippen LogP contribution in [0.5, 0.6) is 0 Å². The quantitative estimate of drug-likeness (QED) is 0.653. The van der Waals surface area contributed by atoms with Crippen LogP contribution >= 0.6 is 0 Å². The van der Waals surface area contributed by atoms with Gasteiger partial charge in [-0.05, 0) is 55.7 Å². The summed E-state index contributed by atoms with van der Waals surface area (Å²) in [7, 11) is 0. The van der Waals surface area contributed by atoms with Crippen molar-refractivity contribution in [3.8, 4) is 0 Å². The number of hydrogen-bond donors (Lipinski definition) is 1. The molecule has 0 amide bonds. The van der Waals surface area contributed by atoms with E-state index in [-0.39, 0.29) is 11.8 Å². The minimum Gasteiger partial charge on any atom is -0.406 e. The van der Waals surface area contributed by atoms with E-state index in [4.69, 9.17) is 4.42 Å². The van der Waals surface area contributed by atoms with Crippen molar-refractivity contribution in [2.75, 3.05) is 5.43 Å². The molecule has 0 saturated heterocycles. The minimum atomic E-state index is -0.320. The molecule has 0 bridgehead atoms. The monoisotopic (exact) mass is 364 g/mol. The Hall–Kier alpha value is -2.49. The van der Waals surface area contributed by atoms with E-state index in [9.17, 15) is 4.79 Å². The molecule has 1 aromatic heterocycles. The average Bonchev–Trinajstić information content (AvgIpc) is 3.03. The van der Waals surface area contributed by atoms with Crippen molar-refractivity contribution in [2.24, 2.45) is 0 Å². The van der Waals surface area contributed by atoms with E-state index in [1.54, 1.807) is 4.68 Å². The van der Waals surface area contributed by atoms with E-state index in [0.29, 0.717) is 11.5 Å². The lowest BCUT2D eigenvalue weighted by molar-refractivity contribution is 0.444. The zero-order valence-corrected chi connectivity index (χ0v) is 16.0. The fourth-order valence-corrected chi connectivity index (χ4v) is 4.27. The molecular formula is C23H28N2O2. The van der Waals surface area contributed by atoms with E-state index in [1.807, 2.05) is 18.2 Å². The lowest BCUT2D eigenvalue weighted by atomic mass is 9.83. The van der Waals surface area contributed by atoms with Gasteiger partial charge >= 0.3 is 5.76 Å². The SMILES string of the molecule is CC(CCc1ccccc1)Nn1c(=O)oc2cccc(C3CCCCC3)c21. The van der Waals surface area contributed by atoms with Crippen LogP contribution in [0.15, 0.2) is 57.7 Å². The molecule has 1 fully saturated rings. The van der Waals surface area contributed by atoms with Crippen molar-refractivity contribution < 1.29 is 4.42 Å². The van der Waals surface area contributed by atoms with Crippen LogP contribution in [0, 0.1) is 0 Å². The average molecular weight is 364 g/mol. The maximum absolute atomic E-state index is 12.5. The molecular weight excluding hydrogens is 336 g/mol. The fourth-order valence-electron chi connectivity index (χ4n) is 4.27. The molecule has 1 aliphatic rings. The van der Waals surface area contributed by atoms with Gasteiger partial charge in [0.25, 0.3) is 0 Å². The van der Waals surface area contributed by atoms with Gasteiger partial charge in [-0.25, -0.2) is 4.79 Å². The van der Waals surface area contributed by atoms with Crippen molar-refractivity contribution in [3.63, 3.8) is 0 Å². The van der Waals surface area contributed by atoms with E-state index in [1.165, 1.54) is 43.2 Å². The summed E-state index contributed by atoms with van der Waals surface area (Å²) in [5.41, 5.74) is 7.58. The first-order valence-electron chi connectivity index (χ1n) is 10.2. The van der Waals surface area contributed by atoms with Gasteiger partial charge in [0, 0.05) is 6.04 Å². The summed E-state index contributed by atoms with van der Waals surface area (Å²) in [4.78, 5) is 12.5. The first-order valence-corrected chi connectivity index (χ1v) is 10.2. The molecule has 142 valence electrons.